The van der Waals surface area contributed by atoms with Crippen molar-refractivity contribution in [1.29, 1.82) is 0 Å². The lowest BCUT2D eigenvalue weighted by Crippen LogP contribution is -2.45. The molecule has 2 aromatic carbocycles. The molecule has 0 aliphatic carbocycles. The van der Waals surface area contributed by atoms with Crippen molar-refractivity contribution < 1.29 is 38.1 Å². The fourth-order valence-corrected chi connectivity index (χ4v) is 5.37. The Morgan fingerprint density at radius 1 is 0.976 bits per heavy atom. The van der Waals surface area contributed by atoms with E-state index < -0.39 is 29.8 Å². The number of fused-ring (bicyclic) bond motifs is 1. The Bertz CT molecular complexity index is 1480. The van der Waals surface area contributed by atoms with Gasteiger partial charge in [0, 0.05) is 17.3 Å². The zero-order valence-corrected chi connectivity index (χ0v) is 24.0. The molecule has 0 spiro atoms. The monoisotopic (exact) mass is 579 g/mol. The van der Waals surface area contributed by atoms with Crippen LogP contribution in [-0.2, 0) is 23.9 Å². The fraction of sp³-hybridized carbons (Fsp3) is 0.276. The molecule has 41 heavy (non-hydrogen) atoms. The molecule has 12 heteroatoms. The molecule has 0 bridgehead atoms. The second-order valence-electron chi connectivity index (χ2n) is 8.67. The summed E-state index contributed by atoms with van der Waals surface area (Å²) in [6.07, 6.45) is 1.19. The molecule has 0 radical (unpaired) electrons. The Balaban J connectivity index is 1.69. The number of ether oxygens (including phenoxy) is 4. The van der Waals surface area contributed by atoms with Gasteiger partial charge in [-0.3, -0.25) is 14.5 Å². The molecule has 0 aromatic heterocycles. The molecule has 214 valence electrons. The molecule has 2 aromatic rings. The van der Waals surface area contributed by atoms with Crippen LogP contribution in [0.2, 0.25) is 0 Å². The molecule has 4 rings (SSSR count). The number of nitrogens with zero attached hydrogens (tertiary/aromatic N) is 2. The van der Waals surface area contributed by atoms with Gasteiger partial charge in [-0.15, -0.1) is 0 Å². The third-order valence-electron chi connectivity index (χ3n) is 6.19. The second-order valence-corrected chi connectivity index (χ2v) is 9.68. The zero-order valence-electron chi connectivity index (χ0n) is 23.2. The van der Waals surface area contributed by atoms with Crippen LogP contribution in [0.1, 0.15) is 42.7 Å². The molecule has 2 aliphatic heterocycles. The SMILES string of the molecule is CCOC(=O)C1=C(C)N=C2SC(C(=O)Nc3ccc(C(=O)OCC)cc3)=CC(=O)N2[C@H]1c1cccc(OC)c1OC. The van der Waals surface area contributed by atoms with Gasteiger partial charge in [-0.25, -0.2) is 14.6 Å². The summed E-state index contributed by atoms with van der Waals surface area (Å²) in [6, 6.07) is 10.4. The minimum absolute atomic E-state index is 0.100. The lowest BCUT2D eigenvalue weighted by Gasteiger charge is -2.38. The smallest absolute Gasteiger partial charge is 0.338 e. The van der Waals surface area contributed by atoms with E-state index in [9.17, 15) is 19.2 Å². The van der Waals surface area contributed by atoms with E-state index in [0.717, 1.165) is 11.8 Å². The number of anilines is 1. The molecule has 2 aliphatic rings. The average Bonchev–Trinajstić information content (AvgIpc) is 2.96. The third-order valence-corrected chi connectivity index (χ3v) is 7.18. The molecule has 2 heterocycles. The van der Waals surface area contributed by atoms with Crippen LogP contribution in [0, 0.1) is 0 Å². The van der Waals surface area contributed by atoms with Crippen LogP contribution < -0.4 is 14.8 Å². The van der Waals surface area contributed by atoms with Crippen molar-refractivity contribution >= 4 is 46.4 Å². The highest BCUT2D eigenvalue weighted by molar-refractivity contribution is 8.18. The van der Waals surface area contributed by atoms with Gasteiger partial charge in [0.2, 0.25) is 0 Å². The first-order valence-electron chi connectivity index (χ1n) is 12.7. The third kappa shape index (κ3) is 5.97. The normalized spacial score (nSPS) is 16.3. The van der Waals surface area contributed by atoms with Gasteiger partial charge < -0.3 is 24.3 Å². The Labute approximate surface area is 241 Å². The number of carbonyl (C=O) groups excluding carboxylic acids is 4. The largest absolute Gasteiger partial charge is 0.493 e. The van der Waals surface area contributed by atoms with Crippen molar-refractivity contribution in [2.75, 3.05) is 32.8 Å². The van der Waals surface area contributed by atoms with Crippen molar-refractivity contribution in [3.05, 3.63) is 75.8 Å². The first kappa shape index (κ1) is 29.4. The molecule has 2 amide bonds. The summed E-state index contributed by atoms with van der Waals surface area (Å²) in [7, 11) is 2.96. The van der Waals surface area contributed by atoms with E-state index in [2.05, 4.69) is 10.3 Å². The van der Waals surface area contributed by atoms with Crippen LogP contribution in [0.5, 0.6) is 11.5 Å². The van der Waals surface area contributed by atoms with Crippen LogP contribution in [0.25, 0.3) is 0 Å². The summed E-state index contributed by atoms with van der Waals surface area (Å²) in [6.45, 7) is 5.42. The molecule has 0 unspecified atom stereocenters. The van der Waals surface area contributed by atoms with E-state index in [-0.39, 0.29) is 28.9 Å². The van der Waals surface area contributed by atoms with Gasteiger partial charge in [0.1, 0.15) is 6.04 Å². The van der Waals surface area contributed by atoms with Crippen molar-refractivity contribution in [2.24, 2.45) is 4.99 Å². The Hall–Kier alpha value is -4.58. The standard InChI is InChI=1S/C29H29N3O8S/c1-6-39-27(35)17-11-13-18(14-12-17)31-26(34)21-15-22(33)32-24(19-9-8-10-20(37-4)25(19)38-5)23(28(36)40-7-2)16(3)30-29(32)41-21/h8-15,24H,6-7H2,1-5H3,(H,31,34)/t24-/m0/s1. The van der Waals surface area contributed by atoms with Gasteiger partial charge in [0.15, 0.2) is 16.7 Å². The van der Waals surface area contributed by atoms with Gasteiger partial charge >= 0.3 is 11.9 Å². The van der Waals surface area contributed by atoms with Crippen LogP contribution in [0.3, 0.4) is 0 Å². The summed E-state index contributed by atoms with van der Waals surface area (Å²) in [5, 5.41) is 2.94. The number of para-hydroxylation sites is 1. The lowest BCUT2D eigenvalue weighted by molar-refractivity contribution is -0.139. The lowest BCUT2D eigenvalue weighted by atomic mass is 9.93. The number of carbonyl (C=O) groups is 4. The van der Waals surface area contributed by atoms with Crippen molar-refractivity contribution in [2.45, 2.75) is 26.8 Å². The van der Waals surface area contributed by atoms with E-state index in [0.29, 0.717) is 34.0 Å². The molecule has 0 saturated heterocycles. The van der Waals surface area contributed by atoms with Crippen molar-refractivity contribution in [3.63, 3.8) is 0 Å². The molecule has 0 saturated carbocycles. The number of amidine groups is 1. The summed E-state index contributed by atoms with van der Waals surface area (Å²) in [5.41, 5.74) is 1.75. The number of aliphatic imine (C=N–C) groups is 1. The number of rotatable bonds is 9. The topological polar surface area (TPSA) is 133 Å². The number of nitrogens with one attached hydrogen (secondary N) is 1. The van der Waals surface area contributed by atoms with E-state index in [4.69, 9.17) is 18.9 Å². The molecular weight excluding hydrogens is 550 g/mol. The Kier molecular flexibility index (Phi) is 9.13. The summed E-state index contributed by atoms with van der Waals surface area (Å²) in [4.78, 5) is 57.8. The highest BCUT2D eigenvalue weighted by Gasteiger charge is 2.44. The average molecular weight is 580 g/mol. The van der Waals surface area contributed by atoms with E-state index in [1.165, 1.54) is 37.3 Å². The molecule has 0 fully saturated rings. The Morgan fingerprint density at radius 3 is 2.29 bits per heavy atom. The summed E-state index contributed by atoms with van der Waals surface area (Å²) in [5.74, 6) is -1.44. The first-order valence-corrected chi connectivity index (χ1v) is 13.5. The molecule has 1 atom stereocenters. The minimum Gasteiger partial charge on any atom is -0.493 e. The predicted molar refractivity (Wildman–Crippen MR) is 153 cm³/mol. The number of amides is 2. The maximum absolute atomic E-state index is 13.6. The van der Waals surface area contributed by atoms with Gasteiger partial charge in [-0.05, 0) is 62.9 Å². The number of hydrogen-bond donors (Lipinski definition) is 1. The number of thioether (sulfide) groups is 1. The summed E-state index contributed by atoms with van der Waals surface area (Å²) < 4.78 is 21.4. The van der Waals surface area contributed by atoms with Gasteiger partial charge in [-0.2, -0.15) is 0 Å². The van der Waals surface area contributed by atoms with Crippen LogP contribution in [0.15, 0.2) is 69.7 Å². The van der Waals surface area contributed by atoms with E-state index in [1.807, 2.05) is 0 Å². The quantitative estimate of drug-likeness (QED) is 0.434. The second kappa shape index (κ2) is 12.7. The molecule has 11 nitrogen and oxygen atoms in total. The number of benzene rings is 2. The van der Waals surface area contributed by atoms with Crippen LogP contribution >= 0.6 is 11.8 Å². The van der Waals surface area contributed by atoms with Gasteiger partial charge in [0.05, 0.1) is 49.2 Å². The molecular formula is C29H29N3O8S. The highest BCUT2D eigenvalue weighted by atomic mass is 32.2. The number of methoxy groups -OCH3 is 2. The van der Waals surface area contributed by atoms with Crippen molar-refractivity contribution in [3.8, 4) is 11.5 Å². The minimum atomic E-state index is -0.956. The maximum Gasteiger partial charge on any atom is 0.338 e. The van der Waals surface area contributed by atoms with Gasteiger partial charge in [0.25, 0.3) is 11.8 Å². The van der Waals surface area contributed by atoms with E-state index in [1.54, 1.807) is 51.1 Å². The molecule has 1 N–H and O–H groups in total. The summed E-state index contributed by atoms with van der Waals surface area (Å²) >= 11 is 0.986. The van der Waals surface area contributed by atoms with E-state index >= 15 is 0 Å². The van der Waals surface area contributed by atoms with Crippen LogP contribution in [0.4, 0.5) is 5.69 Å². The first-order chi connectivity index (χ1) is 19.7. The highest BCUT2D eigenvalue weighted by Crippen LogP contribution is 2.46. The fourth-order valence-electron chi connectivity index (χ4n) is 4.40. The van der Waals surface area contributed by atoms with Gasteiger partial charge in [-0.1, -0.05) is 12.1 Å². The maximum atomic E-state index is 13.6. The van der Waals surface area contributed by atoms with Crippen LogP contribution in [-0.4, -0.2) is 61.3 Å². The number of hydrogen-bond acceptors (Lipinski definition) is 10. The Morgan fingerprint density at radius 2 is 1.66 bits per heavy atom. The van der Waals surface area contributed by atoms with Crippen molar-refractivity contribution in [1.82, 2.24) is 4.90 Å². The number of esters is 2. The zero-order chi connectivity index (χ0) is 29.7. The predicted octanol–water partition coefficient (Wildman–Crippen LogP) is 4.23. The number of allylic oxidation sites excluding steroid dienone is 1.